The van der Waals surface area contributed by atoms with E-state index in [9.17, 15) is 15.2 Å². The molecule has 0 fully saturated rings. The third kappa shape index (κ3) is 1.22. The SMILES string of the molecule is Cc1ccc2cc([N+](=O)[O-])sc2c1O. The number of benzene rings is 1. The van der Waals surface area contributed by atoms with Gasteiger partial charge in [0.15, 0.2) is 0 Å². The molecule has 5 heteroatoms. The molecule has 0 aliphatic carbocycles. The summed E-state index contributed by atoms with van der Waals surface area (Å²) >= 11 is 0.997. The van der Waals surface area contributed by atoms with Gasteiger partial charge in [-0.3, -0.25) is 10.1 Å². The molecule has 0 atom stereocenters. The van der Waals surface area contributed by atoms with Gasteiger partial charge in [0.05, 0.1) is 9.62 Å². The summed E-state index contributed by atoms with van der Waals surface area (Å²) in [6.45, 7) is 1.76. The van der Waals surface area contributed by atoms with Crippen molar-refractivity contribution < 1.29 is 10.0 Å². The summed E-state index contributed by atoms with van der Waals surface area (Å²) in [5.74, 6) is 0.139. The van der Waals surface area contributed by atoms with Gasteiger partial charge in [-0.05, 0) is 12.5 Å². The lowest BCUT2D eigenvalue weighted by Gasteiger charge is -1.97. The van der Waals surface area contributed by atoms with Crippen LogP contribution in [-0.2, 0) is 0 Å². The lowest BCUT2D eigenvalue weighted by Crippen LogP contribution is -1.80. The largest absolute Gasteiger partial charge is 0.506 e. The first-order valence-corrected chi connectivity index (χ1v) is 4.78. The van der Waals surface area contributed by atoms with Crippen molar-refractivity contribution in [1.82, 2.24) is 0 Å². The number of aryl methyl sites for hydroxylation is 1. The van der Waals surface area contributed by atoms with Gasteiger partial charge in [-0.1, -0.05) is 23.5 Å². The highest BCUT2D eigenvalue weighted by Crippen LogP contribution is 2.38. The van der Waals surface area contributed by atoms with Crippen LogP contribution in [0.25, 0.3) is 10.1 Å². The van der Waals surface area contributed by atoms with Gasteiger partial charge in [0, 0.05) is 11.5 Å². The van der Waals surface area contributed by atoms with Crippen molar-refractivity contribution in [2.75, 3.05) is 0 Å². The first-order valence-electron chi connectivity index (χ1n) is 3.96. The van der Waals surface area contributed by atoms with E-state index < -0.39 is 4.92 Å². The zero-order valence-electron chi connectivity index (χ0n) is 7.35. The Labute approximate surface area is 83.6 Å². The number of hydrogen-bond donors (Lipinski definition) is 1. The lowest BCUT2D eigenvalue weighted by atomic mass is 10.2. The van der Waals surface area contributed by atoms with E-state index in [1.54, 1.807) is 19.1 Å². The van der Waals surface area contributed by atoms with E-state index in [0.717, 1.165) is 16.9 Å². The topological polar surface area (TPSA) is 63.4 Å². The van der Waals surface area contributed by atoms with Gasteiger partial charge >= 0.3 is 5.00 Å². The number of nitrogens with zero attached hydrogens (tertiary/aromatic N) is 1. The molecule has 2 rings (SSSR count). The van der Waals surface area contributed by atoms with Crippen molar-refractivity contribution in [2.45, 2.75) is 6.92 Å². The molecule has 14 heavy (non-hydrogen) atoms. The van der Waals surface area contributed by atoms with Gasteiger partial charge in [-0.2, -0.15) is 0 Å². The molecule has 0 saturated heterocycles. The van der Waals surface area contributed by atoms with Crippen LogP contribution in [0, 0.1) is 17.0 Å². The quantitative estimate of drug-likeness (QED) is 0.580. The third-order valence-corrected chi connectivity index (χ3v) is 3.14. The number of phenolic OH excluding ortho intramolecular Hbond substituents is 1. The molecule has 0 radical (unpaired) electrons. The minimum Gasteiger partial charge on any atom is -0.506 e. The maximum atomic E-state index is 10.5. The molecule has 4 nitrogen and oxygen atoms in total. The summed E-state index contributed by atoms with van der Waals surface area (Å²) in [7, 11) is 0. The Kier molecular flexibility index (Phi) is 1.89. The maximum Gasteiger partial charge on any atom is 0.325 e. The number of thiophene rings is 1. The lowest BCUT2D eigenvalue weighted by molar-refractivity contribution is -0.380. The van der Waals surface area contributed by atoms with E-state index in [4.69, 9.17) is 0 Å². The summed E-state index contributed by atoms with van der Waals surface area (Å²) in [4.78, 5) is 10.1. The number of aromatic hydroxyl groups is 1. The van der Waals surface area contributed by atoms with E-state index in [2.05, 4.69) is 0 Å². The van der Waals surface area contributed by atoms with Crippen molar-refractivity contribution in [3.05, 3.63) is 33.9 Å². The maximum absolute atomic E-state index is 10.5. The Morgan fingerprint density at radius 3 is 2.86 bits per heavy atom. The highest BCUT2D eigenvalue weighted by atomic mass is 32.1. The molecule has 1 heterocycles. The monoisotopic (exact) mass is 209 g/mol. The van der Waals surface area contributed by atoms with Crippen LogP contribution in [0.2, 0.25) is 0 Å². The third-order valence-electron chi connectivity index (χ3n) is 2.03. The Morgan fingerprint density at radius 1 is 1.50 bits per heavy atom. The Hall–Kier alpha value is -1.62. The van der Waals surface area contributed by atoms with Crippen LogP contribution >= 0.6 is 11.3 Å². The first kappa shape index (κ1) is 8.96. The fourth-order valence-electron chi connectivity index (χ4n) is 1.26. The van der Waals surface area contributed by atoms with Gasteiger partial charge in [-0.15, -0.1) is 0 Å². The van der Waals surface area contributed by atoms with Crippen molar-refractivity contribution >= 4 is 26.4 Å². The number of fused-ring (bicyclic) bond motifs is 1. The normalized spacial score (nSPS) is 10.6. The number of phenols is 1. The van der Waals surface area contributed by atoms with Crippen LogP contribution in [0.5, 0.6) is 5.75 Å². The van der Waals surface area contributed by atoms with E-state index in [0.29, 0.717) is 10.1 Å². The van der Waals surface area contributed by atoms with E-state index in [1.807, 2.05) is 0 Å². The highest BCUT2D eigenvalue weighted by molar-refractivity contribution is 7.22. The summed E-state index contributed by atoms with van der Waals surface area (Å²) < 4.78 is 0.580. The molecule has 0 aliphatic heterocycles. The first-order chi connectivity index (χ1) is 6.59. The predicted octanol–water partition coefficient (Wildman–Crippen LogP) is 2.82. The molecule has 0 unspecified atom stereocenters. The second kappa shape index (κ2) is 2.95. The molecular weight excluding hydrogens is 202 g/mol. The molecule has 0 amide bonds. The van der Waals surface area contributed by atoms with E-state index in [1.165, 1.54) is 6.07 Å². The molecule has 1 N–H and O–H groups in total. The molecule has 0 saturated carbocycles. The van der Waals surface area contributed by atoms with Gasteiger partial charge in [0.25, 0.3) is 0 Å². The van der Waals surface area contributed by atoms with Crippen molar-refractivity contribution in [3.8, 4) is 5.75 Å². The Balaban J connectivity index is 2.77. The average Bonchev–Trinajstić information content (AvgIpc) is 2.56. The van der Waals surface area contributed by atoms with E-state index in [-0.39, 0.29) is 10.8 Å². The molecule has 0 aliphatic rings. The summed E-state index contributed by atoms with van der Waals surface area (Å²) in [5, 5.41) is 20.9. The number of hydrogen-bond acceptors (Lipinski definition) is 4. The molecule has 1 aromatic carbocycles. The zero-order valence-corrected chi connectivity index (χ0v) is 8.17. The van der Waals surface area contributed by atoms with Crippen LogP contribution in [0.1, 0.15) is 5.56 Å². The fourth-order valence-corrected chi connectivity index (χ4v) is 2.24. The molecule has 72 valence electrons. The van der Waals surface area contributed by atoms with Gasteiger partial charge < -0.3 is 5.11 Å². The second-order valence-corrected chi connectivity index (χ2v) is 4.02. The minimum absolute atomic E-state index is 0.0564. The minimum atomic E-state index is -0.445. The molecule has 0 bridgehead atoms. The molecule has 2 aromatic rings. The van der Waals surface area contributed by atoms with Crippen LogP contribution in [0.3, 0.4) is 0 Å². The highest BCUT2D eigenvalue weighted by Gasteiger charge is 2.14. The smallest absolute Gasteiger partial charge is 0.325 e. The van der Waals surface area contributed by atoms with Gasteiger partial charge in [0.1, 0.15) is 5.75 Å². The summed E-state index contributed by atoms with van der Waals surface area (Å²) in [6, 6.07) is 4.99. The molecular formula is C9H7NO3S. The Bertz CT molecular complexity index is 518. The Morgan fingerprint density at radius 2 is 2.21 bits per heavy atom. The summed E-state index contributed by atoms with van der Waals surface area (Å²) in [6.07, 6.45) is 0. The van der Waals surface area contributed by atoms with Crippen LogP contribution < -0.4 is 0 Å². The van der Waals surface area contributed by atoms with E-state index >= 15 is 0 Å². The fraction of sp³-hybridized carbons (Fsp3) is 0.111. The molecule has 0 spiro atoms. The van der Waals surface area contributed by atoms with Crippen molar-refractivity contribution in [3.63, 3.8) is 0 Å². The van der Waals surface area contributed by atoms with Gasteiger partial charge in [0.2, 0.25) is 0 Å². The van der Waals surface area contributed by atoms with Crippen LogP contribution in [0.15, 0.2) is 18.2 Å². The predicted molar refractivity (Wildman–Crippen MR) is 54.9 cm³/mol. The van der Waals surface area contributed by atoms with Crippen LogP contribution in [0.4, 0.5) is 5.00 Å². The van der Waals surface area contributed by atoms with Crippen molar-refractivity contribution in [2.24, 2.45) is 0 Å². The number of rotatable bonds is 1. The average molecular weight is 209 g/mol. The van der Waals surface area contributed by atoms with Crippen molar-refractivity contribution in [1.29, 1.82) is 0 Å². The number of nitro groups is 1. The zero-order chi connectivity index (χ0) is 10.3. The van der Waals surface area contributed by atoms with Gasteiger partial charge in [-0.25, -0.2) is 0 Å². The second-order valence-electron chi connectivity index (χ2n) is 2.99. The molecule has 1 aromatic heterocycles. The van der Waals surface area contributed by atoms with Crippen LogP contribution in [-0.4, -0.2) is 10.0 Å². The standard InChI is InChI=1S/C9H7NO3S/c1-5-2-3-6-4-7(10(12)13)14-9(6)8(5)11/h2-4,11H,1H3. The summed E-state index contributed by atoms with van der Waals surface area (Å²) in [5.41, 5.74) is 0.731.